The van der Waals surface area contributed by atoms with Crippen LogP contribution in [0.25, 0.3) is 0 Å². The molecule has 0 bridgehead atoms. The minimum atomic E-state index is 0.818. The fraction of sp³-hybridized carbons (Fsp3) is 0.667. The minimum Gasteiger partial charge on any atom is -0.338 e. The molecule has 0 aromatic carbocycles. The number of thioether (sulfide) groups is 1. The summed E-state index contributed by atoms with van der Waals surface area (Å²) in [6.07, 6.45) is 5.01. The van der Waals surface area contributed by atoms with Crippen LogP contribution in [0.5, 0.6) is 0 Å². The van der Waals surface area contributed by atoms with E-state index in [0.29, 0.717) is 0 Å². The maximum Gasteiger partial charge on any atom is 0.225 e. The molecular weight excluding hydrogens is 232 g/mol. The van der Waals surface area contributed by atoms with Gasteiger partial charge in [-0.3, -0.25) is 4.90 Å². The third kappa shape index (κ3) is 2.55. The molecule has 2 fully saturated rings. The summed E-state index contributed by atoms with van der Waals surface area (Å²) in [4.78, 5) is 13.6. The molecule has 0 amide bonds. The highest BCUT2D eigenvalue weighted by molar-refractivity contribution is 7.99. The lowest BCUT2D eigenvalue weighted by atomic mass is 10.2. The van der Waals surface area contributed by atoms with E-state index in [0.717, 1.165) is 38.2 Å². The maximum absolute atomic E-state index is 4.32. The van der Waals surface area contributed by atoms with Gasteiger partial charge in [0.1, 0.15) is 0 Å². The van der Waals surface area contributed by atoms with E-state index in [1.54, 1.807) is 0 Å². The molecule has 2 aliphatic rings. The van der Waals surface area contributed by atoms with Crippen LogP contribution >= 0.6 is 11.8 Å². The third-order valence-electron chi connectivity index (χ3n) is 3.57. The zero-order valence-electron chi connectivity index (χ0n) is 9.96. The molecule has 0 radical (unpaired) electrons. The van der Waals surface area contributed by atoms with Gasteiger partial charge in [0.25, 0.3) is 0 Å². The summed E-state index contributed by atoms with van der Waals surface area (Å²) in [6.45, 7) is 4.43. The van der Waals surface area contributed by atoms with Crippen LogP contribution in [-0.2, 0) is 0 Å². The average Bonchev–Trinajstić information content (AvgIpc) is 2.94. The van der Waals surface area contributed by atoms with Crippen molar-refractivity contribution in [3.8, 4) is 0 Å². The lowest BCUT2D eigenvalue weighted by Gasteiger charge is -2.37. The molecule has 0 saturated carbocycles. The number of aromatic nitrogens is 2. The highest BCUT2D eigenvalue weighted by Gasteiger charge is 2.26. The number of hydrogen-bond donors (Lipinski definition) is 0. The first-order valence-electron chi connectivity index (χ1n) is 6.27. The average molecular weight is 250 g/mol. The molecule has 5 heteroatoms. The molecule has 17 heavy (non-hydrogen) atoms. The predicted octanol–water partition coefficient (Wildman–Crippen LogP) is 1.10. The Morgan fingerprint density at radius 2 is 1.88 bits per heavy atom. The van der Waals surface area contributed by atoms with Gasteiger partial charge in [0.15, 0.2) is 0 Å². The smallest absolute Gasteiger partial charge is 0.225 e. The summed E-state index contributed by atoms with van der Waals surface area (Å²) in [5, 5.41) is 0. The van der Waals surface area contributed by atoms with Gasteiger partial charge in [0, 0.05) is 50.4 Å². The molecule has 4 nitrogen and oxygen atoms in total. The Hall–Kier alpha value is -0.810. The van der Waals surface area contributed by atoms with Crippen molar-refractivity contribution in [2.24, 2.45) is 0 Å². The number of nitrogens with zero attached hydrogens (tertiary/aromatic N) is 4. The Bertz CT molecular complexity index is 345. The van der Waals surface area contributed by atoms with E-state index < -0.39 is 0 Å². The first-order chi connectivity index (χ1) is 8.43. The van der Waals surface area contributed by atoms with Crippen molar-refractivity contribution in [3.63, 3.8) is 0 Å². The molecule has 2 aliphatic heterocycles. The molecule has 1 aromatic heterocycles. The van der Waals surface area contributed by atoms with Gasteiger partial charge in [0.05, 0.1) is 0 Å². The lowest BCUT2D eigenvalue weighted by Crippen LogP contribution is -2.50. The van der Waals surface area contributed by atoms with Crippen molar-refractivity contribution in [2.45, 2.75) is 12.5 Å². The first-order valence-corrected chi connectivity index (χ1v) is 7.43. The normalized spacial score (nSPS) is 26.4. The molecule has 0 N–H and O–H groups in total. The largest absolute Gasteiger partial charge is 0.338 e. The Labute approximate surface area is 106 Å². The van der Waals surface area contributed by atoms with E-state index in [1.165, 1.54) is 17.9 Å². The summed E-state index contributed by atoms with van der Waals surface area (Å²) >= 11 is 2.09. The van der Waals surface area contributed by atoms with Crippen molar-refractivity contribution in [2.75, 3.05) is 42.6 Å². The van der Waals surface area contributed by atoms with Crippen LogP contribution in [-0.4, -0.2) is 58.6 Å². The number of hydrogen-bond acceptors (Lipinski definition) is 5. The molecule has 3 heterocycles. The second-order valence-corrected chi connectivity index (χ2v) is 5.74. The van der Waals surface area contributed by atoms with E-state index in [4.69, 9.17) is 0 Å². The van der Waals surface area contributed by atoms with Gasteiger partial charge in [-0.1, -0.05) is 0 Å². The highest BCUT2D eigenvalue weighted by Crippen LogP contribution is 2.23. The summed E-state index contributed by atoms with van der Waals surface area (Å²) in [5.74, 6) is 3.54. The second kappa shape index (κ2) is 5.23. The molecular formula is C12H18N4S. The first kappa shape index (κ1) is 11.3. The van der Waals surface area contributed by atoms with Crippen LogP contribution in [0.1, 0.15) is 6.42 Å². The summed E-state index contributed by atoms with van der Waals surface area (Å²) in [5.41, 5.74) is 0. The summed E-state index contributed by atoms with van der Waals surface area (Å²) in [7, 11) is 0. The quantitative estimate of drug-likeness (QED) is 0.785. The Morgan fingerprint density at radius 3 is 2.53 bits per heavy atom. The number of piperazine rings is 1. The van der Waals surface area contributed by atoms with Crippen molar-refractivity contribution in [1.29, 1.82) is 0 Å². The molecule has 1 unspecified atom stereocenters. The Kier molecular flexibility index (Phi) is 3.47. The number of rotatable bonds is 2. The van der Waals surface area contributed by atoms with Crippen LogP contribution < -0.4 is 4.90 Å². The zero-order chi connectivity index (χ0) is 11.5. The van der Waals surface area contributed by atoms with E-state index >= 15 is 0 Å². The highest BCUT2D eigenvalue weighted by atomic mass is 32.2. The van der Waals surface area contributed by atoms with Crippen LogP contribution in [0, 0.1) is 0 Å². The molecule has 2 saturated heterocycles. The molecule has 0 aliphatic carbocycles. The van der Waals surface area contributed by atoms with E-state index in [9.17, 15) is 0 Å². The van der Waals surface area contributed by atoms with Gasteiger partial charge >= 0.3 is 0 Å². The Balaban J connectivity index is 1.57. The maximum atomic E-state index is 4.32. The van der Waals surface area contributed by atoms with Crippen LogP contribution in [0.2, 0.25) is 0 Å². The van der Waals surface area contributed by atoms with Crippen molar-refractivity contribution < 1.29 is 0 Å². The lowest BCUT2D eigenvalue weighted by molar-refractivity contribution is 0.200. The van der Waals surface area contributed by atoms with Gasteiger partial charge < -0.3 is 4.90 Å². The fourth-order valence-electron chi connectivity index (χ4n) is 2.55. The predicted molar refractivity (Wildman–Crippen MR) is 71.5 cm³/mol. The fourth-order valence-corrected chi connectivity index (χ4v) is 3.81. The monoisotopic (exact) mass is 250 g/mol. The zero-order valence-corrected chi connectivity index (χ0v) is 10.8. The summed E-state index contributed by atoms with van der Waals surface area (Å²) in [6, 6.07) is 2.69. The second-order valence-electron chi connectivity index (χ2n) is 4.59. The Morgan fingerprint density at radius 1 is 1.12 bits per heavy atom. The van der Waals surface area contributed by atoms with Gasteiger partial charge in [-0.05, 0) is 18.2 Å². The molecule has 0 spiro atoms. The standard InChI is InChI=1S/C12H18N4S/c1-3-13-12(14-4-1)16-7-5-15(6-8-16)11-2-9-17-10-11/h1,3-4,11H,2,5-10H2. The SMILES string of the molecule is c1cnc(N2CCN(C3CCSC3)CC2)nc1. The van der Waals surface area contributed by atoms with Gasteiger partial charge in [-0.15, -0.1) is 0 Å². The van der Waals surface area contributed by atoms with Crippen molar-refractivity contribution in [3.05, 3.63) is 18.5 Å². The molecule has 1 aromatic rings. The molecule has 92 valence electrons. The van der Waals surface area contributed by atoms with Crippen LogP contribution in [0.15, 0.2) is 18.5 Å². The van der Waals surface area contributed by atoms with Crippen molar-refractivity contribution in [1.82, 2.24) is 14.9 Å². The van der Waals surface area contributed by atoms with E-state index in [-0.39, 0.29) is 0 Å². The topological polar surface area (TPSA) is 32.3 Å². The van der Waals surface area contributed by atoms with Crippen molar-refractivity contribution >= 4 is 17.7 Å². The minimum absolute atomic E-state index is 0.818. The van der Waals surface area contributed by atoms with Crippen LogP contribution in [0.4, 0.5) is 5.95 Å². The molecule has 1 atom stereocenters. The van der Waals surface area contributed by atoms with E-state index in [2.05, 4.69) is 31.5 Å². The number of anilines is 1. The van der Waals surface area contributed by atoms with E-state index in [1.807, 2.05) is 18.5 Å². The molecule has 3 rings (SSSR count). The third-order valence-corrected chi connectivity index (χ3v) is 4.72. The van der Waals surface area contributed by atoms with Gasteiger partial charge in [-0.2, -0.15) is 11.8 Å². The van der Waals surface area contributed by atoms with Gasteiger partial charge in [-0.25, -0.2) is 9.97 Å². The summed E-state index contributed by atoms with van der Waals surface area (Å²) < 4.78 is 0. The van der Waals surface area contributed by atoms with Gasteiger partial charge in [0.2, 0.25) is 5.95 Å². The van der Waals surface area contributed by atoms with Crippen LogP contribution in [0.3, 0.4) is 0 Å².